The van der Waals surface area contributed by atoms with Crippen molar-refractivity contribution in [2.24, 2.45) is 0 Å². The third-order valence-corrected chi connectivity index (χ3v) is 6.60. The summed E-state index contributed by atoms with van der Waals surface area (Å²) in [6.45, 7) is 0. The topological polar surface area (TPSA) is 82.1 Å². The molecular formula is C31H19N5O2. The van der Waals surface area contributed by atoms with E-state index in [0.717, 1.165) is 16.5 Å². The summed E-state index contributed by atoms with van der Waals surface area (Å²) < 4.78 is 2.98. The minimum Gasteiger partial charge on any atom is -0.268 e. The van der Waals surface area contributed by atoms with Crippen LogP contribution in [0.4, 0.5) is 0 Å². The molecule has 180 valence electrons. The molecule has 0 fully saturated rings. The van der Waals surface area contributed by atoms with Gasteiger partial charge in [0.05, 0.1) is 10.9 Å². The fourth-order valence-electron chi connectivity index (χ4n) is 4.81. The number of hydrogen-bond acceptors (Lipinski definition) is 5. The zero-order chi connectivity index (χ0) is 25.6. The highest BCUT2D eigenvalue weighted by molar-refractivity contribution is 5.89. The molecule has 7 aromatic rings. The van der Waals surface area contributed by atoms with E-state index in [0.29, 0.717) is 33.6 Å². The highest BCUT2D eigenvalue weighted by Crippen LogP contribution is 2.23. The molecule has 0 aliphatic carbocycles. The van der Waals surface area contributed by atoms with Gasteiger partial charge in [0.15, 0.2) is 11.6 Å². The number of fused-ring (bicyclic) bond motifs is 4. The monoisotopic (exact) mass is 493 g/mol. The summed E-state index contributed by atoms with van der Waals surface area (Å²) in [5.74, 6) is 0.993. The summed E-state index contributed by atoms with van der Waals surface area (Å²) in [6, 6.07) is 35.4. The zero-order valence-corrected chi connectivity index (χ0v) is 20.0. The van der Waals surface area contributed by atoms with Gasteiger partial charge in [-0.25, -0.2) is 9.55 Å². The van der Waals surface area contributed by atoms with Crippen LogP contribution in [0.15, 0.2) is 125 Å². The first-order valence-electron chi connectivity index (χ1n) is 12.1. The van der Waals surface area contributed by atoms with Gasteiger partial charge in [0.2, 0.25) is 5.95 Å². The zero-order valence-electron chi connectivity index (χ0n) is 20.0. The molecule has 38 heavy (non-hydrogen) atoms. The van der Waals surface area contributed by atoms with Gasteiger partial charge in [-0.1, -0.05) is 91.0 Å². The Morgan fingerprint density at radius 1 is 0.526 bits per heavy atom. The average Bonchev–Trinajstić information content (AvgIpc) is 2.98. The van der Waals surface area contributed by atoms with E-state index in [4.69, 9.17) is 15.0 Å². The van der Waals surface area contributed by atoms with Crippen molar-refractivity contribution in [2.75, 3.05) is 0 Å². The first-order valence-corrected chi connectivity index (χ1v) is 12.1. The molecule has 0 radical (unpaired) electrons. The molecule has 0 saturated heterocycles. The predicted octanol–water partition coefficient (Wildman–Crippen LogP) is 5.28. The summed E-state index contributed by atoms with van der Waals surface area (Å²) in [7, 11) is 0. The van der Waals surface area contributed by atoms with Crippen LogP contribution in [0.3, 0.4) is 0 Å². The summed E-state index contributed by atoms with van der Waals surface area (Å²) >= 11 is 0. The normalized spacial score (nSPS) is 11.4. The quantitative estimate of drug-likeness (QED) is 0.247. The van der Waals surface area contributed by atoms with E-state index in [-0.39, 0.29) is 17.1 Å². The smallest absolute Gasteiger partial charge is 0.268 e. The van der Waals surface area contributed by atoms with Crippen LogP contribution in [-0.4, -0.2) is 23.9 Å². The third-order valence-electron chi connectivity index (χ3n) is 6.60. The third kappa shape index (κ3) is 3.41. The number of nitrogens with zero attached hydrogens (tertiary/aromatic N) is 5. The van der Waals surface area contributed by atoms with Gasteiger partial charge in [-0.3, -0.25) is 14.0 Å². The predicted molar refractivity (Wildman–Crippen MR) is 149 cm³/mol. The molecule has 3 heterocycles. The minimum absolute atomic E-state index is 0.139. The van der Waals surface area contributed by atoms with E-state index in [9.17, 15) is 9.59 Å². The molecule has 3 aromatic heterocycles. The molecule has 0 saturated carbocycles. The van der Waals surface area contributed by atoms with Gasteiger partial charge in [-0.2, -0.15) is 9.97 Å². The summed E-state index contributed by atoms with van der Waals surface area (Å²) in [5.41, 5.74) is 1.94. The van der Waals surface area contributed by atoms with Crippen molar-refractivity contribution in [1.82, 2.24) is 23.9 Å². The van der Waals surface area contributed by atoms with Crippen molar-refractivity contribution in [3.63, 3.8) is 0 Å². The molecule has 0 amide bonds. The van der Waals surface area contributed by atoms with Crippen molar-refractivity contribution in [1.29, 1.82) is 0 Å². The SMILES string of the molecule is O=c1c2ccccc2n2c(=O)c3ccccc3cc2n1-c1nc(-c2ccccc2)nc(-c2ccccc2)n1. The van der Waals surface area contributed by atoms with Crippen LogP contribution in [0.1, 0.15) is 0 Å². The van der Waals surface area contributed by atoms with E-state index < -0.39 is 0 Å². The molecule has 0 atom stereocenters. The highest BCUT2D eigenvalue weighted by Gasteiger charge is 2.19. The second-order valence-electron chi connectivity index (χ2n) is 8.90. The Balaban J connectivity index is 1.66. The summed E-state index contributed by atoms with van der Waals surface area (Å²) in [5, 5.41) is 1.67. The summed E-state index contributed by atoms with van der Waals surface area (Å²) in [4.78, 5) is 42.0. The molecule has 7 heteroatoms. The number of pyridine rings is 1. The van der Waals surface area contributed by atoms with Gasteiger partial charge >= 0.3 is 0 Å². The van der Waals surface area contributed by atoms with Crippen LogP contribution < -0.4 is 11.1 Å². The van der Waals surface area contributed by atoms with E-state index in [1.54, 1.807) is 28.7 Å². The number of para-hydroxylation sites is 1. The van der Waals surface area contributed by atoms with E-state index in [1.165, 1.54) is 4.57 Å². The highest BCUT2D eigenvalue weighted by atomic mass is 16.1. The molecule has 0 N–H and O–H groups in total. The Hall–Kier alpha value is -5.43. The van der Waals surface area contributed by atoms with E-state index >= 15 is 0 Å². The van der Waals surface area contributed by atoms with Crippen LogP contribution in [0.25, 0.3) is 56.0 Å². The van der Waals surface area contributed by atoms with Gasteiger partial charge in [0, 0.05) is 16.5 Å². The molecule has 0 aliphatic rings. The standard InChI is InChI=1S/C31H19N5O2/c37-29-23-16-8-7-15-22(23)19-26-35(29)25-18-10-9-17-24(25)30(38)36(26)31-33-27(20-11-3-1-4-12-20)32-28(34-31)21-13-5-2-6-14-21/h1-19H. The van der Waals surface area contributed by atoms with Crippen LogP contribution >= 0.6 is 0 Å². The van der Waals surface area contributed by atoms with Gasteiger partial charge in [0.1, 0.15) is 5.65 Å². The maximum Gasteiger partial charge on any atom is 0.268 e. The lowest BCUT2D eigenvalue weighted by atomic mass is 10.1. The van der Waals surface area contributed by atoms with Crippen molar-refractivity contribution in [2.45, 2.75) is 0 Å². The number of benzene rings is 4. The fraction of sp³-hybridized carbons (Fsp3) is 0. The molecule has 7 rings (SSSR count). The lowest BCUT2D eigenvalue weighted by Crippen LogP contribution is -2.28. The maximum absolute atomic E-state index is 14.0. The van der Waals surface area contributed by atoms with Gasteiger partial charge in [0.25, 0.3) is 11.1 Å². The second-order valence-corrected chi connectivity index (χ2v) is 8.90. The summed E-state index contributed by atoms with van der Waals surface area (Å²) in [6.07, 6.45) is 0. The molecular weight excluding hydrogens is 474 g/mol. The fourth-order valence-corrected chi connectivity index (χ4v) is 4.81. The first-order chi connectivity index (χ1) is 18.7. The number of rotatable bonds is 3. The Kier molecular flexibility index (Phi) is 4.94. The van der Waals surface area contributed by atoms with Crippen molar-refractivity contribution < 1.29 is 0 Å². The molecule has 0 spiro atoms. The molecule has 0 unspecified atom stereocenters. The van der Waals surface area contributed by atoms with Crippen molar-refractivity contribution in [3.8, 4) is 28.7 Å². The van der Waals surface area contributed by atoms with Gasteiger partial charge < -0.3 is 0 Å². The Morgan fingerprint density at radius 2 is 1.08 bits per heavy atom. The number of aromatic nitrogens is 5. The average molecular weight is 494 g/mol. The van der Waals surface area contributed by atoms with Crippen LogP contribution in [0.5, 0.6) is 0 Å². The molecule has 0 bridgehead atoms. The van der Waals surface area contributed by atoms with Crippen LogP contribution in [-0.2, 0) is 0 Å². The number of hydrogen-bond donors (Lipinski definition) is 0. The van der Waals surface area contributed by atoms with Crippen molar-refractivity contribution in [3.05, 3.63) is 136 Å². The molecule has 4 aromatic carbocycles. The van der Waals surface area contributed by atoms with E-state index in [2.05, 4.69) is 0 Å². The van der Waals surface area contributed by atoms with Crippen molar-refractivity contribution >= 4 is 27.3 Å². The maximum atomic E-state index is 14.0. The van der Waals surface area contributed by atoms with E-state index in [1.807, 2.05) is 91.0 Å². The Morgan fingerprint density at radius 3 is 1.74 bits per heavy atom. The van der Waals surface area contributed by atoms with Gasteiger partial charge in [-0.05, 0) is 29.7 Å². The second kappa shape index (κ2) is 8.60. The lowest BCUT2D eigenvalue weighted by molar-refractivity contribution is 0.877. The first kappa shape index (κ1) is 21.8. The lowest BCUT2D eigenvalue weighted by Gasteiger charge is -2.15. The van der Waals surface area contributed by atoms with Crippen LogP contribution in [0, 0.1) is 0 Å². The largest absolute Gasteiger partial charge is 0.268 e. The minimum atomic E-state index is -0.320. The van der Waals surface area contributed by atoms with Crippen LogP contribution in [0.2, 0.25) is 0 Å². The van der Waals surface area contributed by atoms with Gasteiger partial charge in [-0.15, -0.1) is 0 Å². The Bertz CT molecular complexity index is 2060. The Labute approximate surface area is 216 Å². The molecule has 0 aliphatic heterocycles. The molecule has 7 nitrogen and oxygen atoms in total.